The summed E-state index contributed by atoms with van der Waals surface area (Å²) in [6.45, 7) is 1.82. The van der Waals surface area contributed by atoms with Gasteiger partial charge < -0.3 is 4.74 Å². The quantitative estimate of drug-likeness (QED) is 0.439. The number of carbonyl (C=O) groups excluding carboxylic acids is 2. The Morgan fingerprint density at radius 3 is 2.38 bits per heavy atom. The van der Waals surface area contributed by atoms with Crippen LogP contribution in [-0.2, 0) is 11.2 Å². The van der Waals surface area contributed by atoms with Crippen molar-refractivity contribution in [3.05, 3.63) is 68.8 Å². The predicted molar refractivity (Wildman–Crippen MR) is 89.6 cm³/mol. The molecule has 0 saturated carbocycles. The van der Waals surface area contributed by atoms with Gasteiger partial charge in [0.1, 0.15) is 0 Å². The lowest BCUT2D eigenvalue weighted by Crippen LogP contribution is -2.14. The van der Waals surface area contributed by atoms with Crippen LogP contribution in [0.1, 0.15) is 33.2 Å². The van der Waals surface area contributed by atoms with Gasteiger partial charge in [0, 0.05) is 9.13 Å². The maximum atomic E-state index is 12.0. The lowest BCUT2D eigenvalue weighted by atomic mass is 10.1. The molecule has 4 heteroatoms. The number of esters is 1. The number of benzene rings is 2. The number of halogens is 1. The van der Waals surface area contributed by atoms with Crippen molar-refractivity contribution >= 4 is 34.3 Å². The van der Waals surface area contributed by atoms with Crippen molar-refractivity contribution in [1.82, 2.24) is 0 Å². The molecule has 0 heterocycles. The molecule has 0 radical (unpaired) electrons. The maximum absolute atomic E-state index is 12.0. The van der Waals surface area contributed by atoms with E-state index in [1.54, 1.807) is 30.3 Å². The number of rotatable bonds is 5. The van der Waals surface area contributed by atoms with Crippen molar-refractivity contribution in [2.24, 2.45) is 0 Å². The molecule has 2 aromatic rings. The van der Waals surface area contributed by atoms with E-state index in [1.807, 2.05) is 18.2 Å². The topological polar surface area (TPSA) is 43.4 Å². The van der Waals surface area contributed by atoms with Gasteiger partial charge in [0.05, 0.1) is 5.56 Å². The zero-order valence-corrected chi connectivity index (χ0v) is 13.8. The molecular formula is C17H15IO3. The highest BCUT2D eigenvalue weighted by Gasteiger charge is 2.12. The van der Waals surface area contributed by atoms with Crippen LogP contribution in [0.25, 0.3) is 0 Å². The van der Waals surface area contributed by atoms with Crippen LogP contribution in [0.15, 0.2) is 48.5 Å². The molecule has 2 aromatic carbocycles. The van der Waals surface area contributed by atoms with E-state index in [4.69, 9.17) is 4.74 Å². The molecule has 2 rings (SSSR count). The smallest absolute Gasteiger partial charge is 0.338 e. The lowest BCUT2D eigenvalue weighted by molar-refractivity contribution is 0.0474. The van der Waals surface area contributed by atoms with Crippen LogP contribution in [0, 0.1) is 3.57 Å². The third kappa shape index (κ3) is 4.39. The van der Waals surface area contributed by atoms with E-state index in [1.165, 1.54) is 5.56 Å². The molecule has 0 amide bonds. The van der Waals surface area contributed by atoms with Crippen LogP contribution in [0.3, 0.4) is 0 Å². The predicted octanol–water partition coefficient (Wildman–Crippen LogP) is 3.89. The maximum Gasteiger partial charge on any atom is 0.338 e. The van der Waals surface area contributed by atoms with Crippen LogP contribution >= 0.6 is 22.6 Å². The molecule has 21 heavy (non-hydrogen) atoms. The first-order chi connectivity index (χ1) is 10.1. The highest BCUT2D eigenvalue weighted by Crippen LogP contribution is 2.10. The molecule has 3 nitrogen and oxygen atoms in total. The highest BCUT2D eigenvalue weighted by molar-refractivity contribution is 14.1. The molecule has 0 aliphatic carbocycles. The summed E-state index contributed by atoms with van der Waals surface area (Å²) in [4.78, 5) is 23.8. The van der Waals surface area contributed by atoms with Gasteiger partial charge in [0.15, 0.2) is 12.4 Å². The minimum Gasteiger partial charge on any atom is -0.454 e. The Hall–Kier alpha value is -1.69. The summed E-state index contributed by atoms with van der Waals surface area (Å²) in [6.07, 6.45) is 0.927. The molecule has 0 N–H and O–H groups in total. The average Bonchev–Trinajstić information content (AvgIpc) is 2.52. The van der Waals surface area contributed by atoms with Crippen LogP contribution in [0.4, 0.5) is 0 Å². The molecule has 0 aliphatic rings. The fourth-order valence-electron chi connectivity index (χ4n) is 1.84. The number of aryl methyl sites for hydroxylation is 1. The Labute approximate surface area is 137 Å². The Kier molecular flexibility index (Phi) is 5.50. The fourth-order valence-corrected chi connectivity index (χ4v) is 2.38. The minimum atomic E-state index is -0.480. The van der Waals surface area contributed by atoms with Crippen molar-refractivity contribution in [2.45, 2.75) is 13.3 Å². The second-order valence-corrected chi connectivity index (χ2v) is 5.81. The molecule has 0 aromatic heterocycles. The van der Waals surface area contributed by atoms with Gasteiger partial charge in [-0.3, -0.25) is 4.79 Å². The van der Waals surface area contributed by atoms with E-state index in [0.29, 0.717) is 11.1 Å². The van der Waals surface area contributed by atoms with E-state index in [9.17, 15) is 9.59 Å². The Bertz CT molecular complexity index is 647. The van der Waals surface area contributed by atoms with Gasteiger partial charge >= 0.3 is 5.97 Å². The van der Waals surface area contributed by atoms with Gasteiger partial charge in [-0.05, 0) is 52.8 Å². The first-order valence-corrected chi connectivity index (χ1v) is 7.73. The molecule has 0 unspecified atom stereocenters. The first kappa shape index (κ1) is 15.7. The van der Waals surface area contributed by atoms with Crippen molar-refractivity contribution in [3.63, 3.8) is 0 Å². The van der Waals surface area contributed by atoms with Crippen molar-refractivity contribution in [3.8, 4) is 0 Å². The zero-order valence-electron chi connectivity index (χ0n) is 11.6. The van der Waals surface area contributed by atoms with Crippen molar-refractivity contribution in [1.29, 1.82) is 0 Å². The second-order valence-electron chi connectivity index (χ2n) is 4.56. The summed E-state index contributed by atoms with van der Waals surface area (Å²) in [5.74, 6) is -0.677. The number of hydrogen-bond acceptors (Lipinski definition) is 3. The molecule has 0 fully saturated rings. The number of hydrogen-bond donors (Lipinski definition) is 0. The molecule has 108 valence electrons. The van der Waals surface area contributed by atoms with E-state index in [2.05, 4.69) is 29.5 Å². The second kappa shape index (κ2) is 7.36. The monoisotopic (exact) mass is 394 g/mol. The van der Waals surface area contributed by atoms with Gasteiger partial charge in [-0.25, -0.2) is 4.79 Å². The van der Waals surface area contributed by atoms with E-state index < -0.39 is 5.97 Å². The summed E-state index contributed by atoms with van der Waals surface area (Å²) in [7, 11) is 0. The van der Waals surface area contributed by atoms with E-state index in [-0.39, 0.29) is 12.4 Å². The van der Waals surface area contributed by atoms with E-state index >= 15 is 0 Å². The summed E-state index contributed by atoms with van der Waals surface area (Å²) in [5, 5.41) is 0. The van der Waals surface area contributed by atoms with Gasteiger partial charge in [-0.15, -0.1) is 0 Å². The number of Topliss-reactive ketones (excluding diaryl/α,β-unsaturated/α-hetero) is 1. The number of ketones is 1. The van der Waals surface area contributed by atoms with Gasteiger partial charge in [0.25, 0.3) is 0 Å². The van der Waals surface area contributed by atoms with Gasteiger partial charge in [0.2, 0.25) is 0 Å². The molecular weight excluding hydrogens is 379 g/mol. The van der Waals surface area contributed by atoms with Crippen molar-refractivity contribution in [2.75, 3.05) is 6.61 Å². The normalized spacial score (nSPS) is 10.2. The van der Waals surface area contributed by atoms with Crippen LogP contribution in [0.2, 0.25) is 0 Å². The molecule has 0 spiro atoms. The average molecular weight is 394 g/mol. The summed E-state index contributed by atoms with van der Waals surface area (Å²) in [6, 6.07) is 14.4. The number of carbonyl (C=O) groups is 2. The van der Waals surface area contributed by atoms with Gasteiger partial charge in [-0.1, -0.05) is 37.3 Å². The Morgan fingerprint density at radius 2 is 1.76 bits per heavy atom. The summed E-state index contributed by atoms with van der Waals surface area (Å²) in [5.41, 5.74) is 2.18. The van der Waals surface area contributed by atoms with Crippen LogP contribution in [-0.4, -0.2) is 18.4 Å². The minimum absolute atomic E-state index is 0.198. The number of ether oxygens (including phenoxy) is 1. The van der Waals surface area contributed by atoms with Crippen molar-refractivity contribution < 1.29 is 14.3 Å². The third-order valence-electron chi connectivity index (χ3n) is 3.08. The van der Waals surface area contributed by atoms with Crippen LogP contribution in [0.5, 0.6) is 0 Å². The molecule has 0 bridgehead atoms. The summed E-state index contributed by atoms with van der Waals surface area (Å²) < 4.78 is 6.01. The largest absolute Gasteiger partial charge is 0.454 e. The molecule has 0 atom stereocenters. The standard InChI is InChI=1S/C17H15IO3/c1-2-12-6-8-13(9-7-12)16(19)11-21-17(20)14-4-3-5-15(18)10-14/h3-10H,2,11H2,1H3. The summed E-state index contributed by atoms with van der Waals surface area (Å²) >= 11 is 2.12. The molecule has 0 saturated heterocycles. The fraction of sp³-hybridized carbons (Fsp3) is 0.176. The highest BCUT2D eigenvalue weighted by atomic mass is 127. The zero-order chi connectivity index (χ0) is 15.2. The first-order valence-electron chi connectivity index (χ1n) is 6.65. The van der Waals surface area contributed by atoms with Gasteiger partial charge in [-0.2, -0.15) is 0 Å². The van der Waals surface area contributed by atoms with Crippen LogP contribution < -0.4 is 0 Å². The third-order valence-corrected chi connectivity index (χ3v) is 3.75. The SMILES string of the molecule is CCc1ccc(C(=O)COC(=O)c2cccc(I)c2)cc1. The molecule has 0 aliphatic heterocycles. The van der Waals surface area contributed by atoms with E-state index in [0.717, 1.165) is 9.99 Å². The Morgan fingerprint density at radius 1 is 1.05 bits per heavy atom. The Balaban J connectivity index is 1.95. The lowest BCUT2D eigenvalue weighted by Gasteiger charge is -2.05.